The summed E-state index contributed by atoms with van der Waals surface area (Å²) in [6.07, 6.45) is 9.46. The molecule has 0 amide bonds. The van der Waals surface area contributed by atoms with Gasteiger partial charge in [-0.1, -0.05) is 19.1 Å². The SMILES string of the molecule is CC/C=C\C[C@H]1C(=O)CC[C@@H]1CCCC(=O)O. The highest BCUT2D eigenvalue weighted by molar-refractivity contribution is 5.83. The molecule has 0 bridgehead atoms. The summed E-state index contributed by atoms with van der Waals surface area (Å²) in [5.41, 5.74) is 0. The lowest BCUT2D eigenvalue weighted by Crippen LogP contribution is -2.14. The van der Waals surface area contributed by atoms with Crippen molar-refractivity contribution in [2.45, 2.75) is 51.9 Å². The minimum atomic E-state index is -0.739. The maximum atomic E-state index is 11.7. The first-order valence-electron chi connectivity index (χ1n) is 6.54. The van der Waals surface area contributed by atoms with Gasteiger partial charge >= 0.3 is 5.97 Å². The number of allylic oxidation sites excluding steroid dienone is 2. The van der Waals surface area contributed by atoms with Crippen LogP contribution in [0.3, 0.4) is 0 Å². The predicted molar refractivity (Wildman–Crippen MR) is 66.8 cm³/mol. The number of carbonyl (C=O) groups excluding carboxylic acids is 1. The van der Waals surface area contributed by atoms with Crippen molar-refractivity contribution in [2.75, 3.05) is 0 Å². The summed E-state index contributed by atoms with van der Waals surface area (Å²) in [7, 11) is 0. The van der Waals surface area contributed by atoms with Crippen LogP contribution in [0.4, 0.5) is 0 Å². The molecule has 1 N–H and O–H groups in total. The molecule has 2 atom stereocenters. The zero-order chi connectivity index (χ0) is 12.7. The highest BCUT2D eigenvalue weighted by Gasteiger charge is 2.32. The molecule has 17 heavy (non-hydrogen) atoms. The van der Waals surface area contributed by atoms with E-state index in [0.29, 0.717) is 24.5 Å². The fourth-order valence-corrected chi connectivity index (χ4v) is 2.57. The van der Waals surface area contributed by atoms with Gasteiger partial charge in [0.2, 0.25) is 0 Å². The van der Waals surface area contributed by atoms with Crippen LogP contribution in [0.5, 0.6) is 0 Å². The van der Waals surface area contributed by atoms with Gasteiger partial charge < -0.3 is 5.11 Å². The summed E-state index contributed by atoms with van der Waals surface area (Å²) in [4.78, 5) is 22.2. The van der Waals surface area contributed by atoms with Gasteiger partial charge in [0.15, 0.2) is 0 Å². The lowest BCUT2D eigenvalue weighted by molar-refractivity contribution is -0.137. The molecule has 0 saturated heterocycles. The molecule has 3 nitrogen and oxygen atoms in total. The average molecular weight is 238 g/mol. The molecule has 0 aromatic heterocycles. The van der Waals surface area contributed by atoms with E-state index in [4.69, 9.17) is 5.11 Å². The molecule has 0 heterocycles. The molecular formula is C14H22O3. The lowest BCUT2D eigenvalue weighted by Gasteiger charge is -2.16. The quantitative estimate of drug-likeness (QED) is 0.693. The number of carboxylic acid groups (broad SMARTS) is 1. The molecule has 1 saturated carbocycles. The molecule has 1 aliphatic rings. The van der Waals surface area contributed by atoms with Crippen LogP contribution in [0.15, 0.2) is 12.2 Å². The molecule has 1 fully saturated rings. The zero-order valence-electron chi connectivity index (χ0n) is 10.5. The van der Waals surface area contributed by atoms with Crippen LogP contribution < -0.4 is 0 Å². The Labute approximate surface area is 103 Å². The number of Topliss-reactive ketones (excluding diaryl/α,β-unsaturated/α-hetero) is 1. The molecule has 0 aromatic rings. The van der Waals surface area contributed by atoms with Crippen LogP contribution in [-0.4, -0.2) is 16.9 Å². The number of hydrogen-bond donors (Lipinski definition) is 1. The van der Waals surface area contributed by atoms with Gasteiger partial charge in [-0.25, -0.2) is 0 Å². The van der Waals surface area contributed by atoms with Crippen LogP contribution in [0.25, 0.3) is 0 Å². The van der Waals surface area contributed by atoms with Crippen LogP contribution in [-0.2, 0) is 9.59 Å². The molecule has 1 aliphatic carbocycles. The van der Waals surface area contributed by atoms with Crippen molar-refractivity contribution in [2.24, 2.45) is 11.8 Å². The topological polar surface area (TPSA) is 54.4 Å². The van der Waals surface area contributed by atoms with Crippen LogP contribution >= 0.6 is 0 Å². The highest BCUT2D eigenvalue weighted by Crippen LogP contribution is 2.35. The largest absolute Gasteiger partial charge is 0.481 e. The maximum Gasteiger partial charge on any atom is 0.303 e. The third-order valence-electron chi connectivity index (χ3n) is 3.50. The summed E-state index contributed by atoms with van der Waals surface area (Å²) in [6.45, 7) is 2.08. The second-order valence-electron chi connectivity index (χ2n) is 4.77. The Morgan fingerprint density at radius 1 is 1.47 bits per heavy atom. The van der Waals surface area contributed by atoms with Crippen molar-refractivity contribution in [1.82, 2.24) is 0 Å². The number of carboxylic acids is 1. The molecule has 3 heteroatoms. The van der Waals surface area contributed by atoms with Gasteiger partial charge in [-0.3, -0.25) is 9.59 Å². The minimum absolute atomic E-state index is 0.145. The Morgan fingerprint density at radius 3 is 2.88 bits per heavy atom. The van der Waals surface area contributed by atoms with Gasteiger partial charge in [0, 0.05) is 18.8 Å². The van der Waals surface area contributed by atoms with E-state index in [-0.39, 0.29) is 12.3 Å². The standard InChI is InChI=1S/C14H22O3/c1-2-3-4-7-12-11(9-10-13(12)15)6-5-8-14(16)17/h3-4,11-12H,2,5-10H2,1H3,(H,16,17)/b4-3-/t11-,12+/m0/s1. The number of hydrogen-bond acceptors (Lipinski definition) is 2. The van der Waals surface area contributed by atoms with Crippen molar-refractivity contribution in [3.05, 3.63) is 12.2 Å². The molecule has 0 radical (unpaired) electrons. The Hall–Kier alpha value is -1.12. The summed E-state index contributed by atoms with van der Waals surface area (Å²) in [6, 6.07) is 0. The third kappa shape index (κ3) is 4.72. The number of carbonyl (C=O) groups is 2. The second kappa shape index (κ2) is 7.25. The van der Waals surface area contributed by atoms with E-state index in [9.17, 15) is 9.59 Å². The zero-order valence-corrected chi connectivity index (χ0v) is 10.5. The van der Waals surface area contributed by atoms with E-state index < -0.39 is 5.97 Å². The maximum absolute atomic E-state index is 11.7. The molecule has 0 aliphatic heterocycles. The van der Waals surface area contributed by atoms with E-state index in [1.54, 1.807) is 0 Å². The van der Waals surface area contributed by atoms with E-state index in [1.807, 2.05) is 0 Å². The monoisotopic (exact) mass is 238 g/mol. The first-order chi connectivity index (χ1) is 8.15. The number of rotatable bonds is 7. The first kappa shape index (κ1) is 13.9. The molecular weight excluding hydrogens is 216 g/mol. The third-order valence-corrected chi connectivity index (χ3v) is 3.50. The number of ketones is 1. The highest BCUT2D eigenvalue weighted by atomic mass is 16.4. The Kier molecular flexibility index (Phi) is 5.95. The van der Waals surface area contributed by atoms with Crippen molar-refractivity contribution in [3.63, 3.8) is 0 Å². The van der Waals surface area contributed by atoms with Gasteiger partial charge in [-0.2, -0.15) is 0 Å². The van der Waals surface area contributed by atoms with Crippen molar-refractivity contribution in [1.29, 1.82) is 0 Å². The molecule has 96 valence electrons. The lowest BCUT2D eigenvalue weighted by atomic mass is 9.88. The van der Waals surface area contributed by atoms with E-state index in [1.165, 1.54) is 0 Å². The van der Waals surface area contributed by atoms with E-state index in [2.05, 4.69) is 19.1 Å². The summed E-state index contributed by atoms with van der Waals surface area (Å²) in [5, 5.41) is 8.60. The minimum Gasteiger partial charge on any atom is -0.481 e. The van der Waals surface area contributed by atoms with Crippen LogP contribution in [0.2, 0.25) is 0 Å². The fourth-order valence-electron chi connectivity index (χ4n) is 2.57. The molecule has 0 aromatic carbocycles. The first-order valence-corrected chi connectivity index (χ1v) is 6.54. The van der Waals surface area contributed by atoms with Gasteiger partial charge in [-0.05, 0) is 38.0 Å². The smallest absolute Gasteiger partial charge is 0.303 e. The fraction of sp³-hybridized carbons (Fsp3) is 0.714. The second-order valence-corrected chi connectivity index (χ2v) is 4.77. The van der Waals surface area contributed by atoms with Crippen molar-refractivity contribution in [3.8, 4) is 0 Å². The summed E-state index contributed by atoms with van der Waals surface area (Å²) >= 11 is 0. The molecule has 0 unspecified atom stereocenters. The van der Waals surface area contributed by atoms with Gasteiger partial charge in [0.05, 0.1) is 0 Å². The Morgan fingerprint density at radius 2 is 2.24 bits per heavy atom. The predicted octanol–water partition coefficient (Wildman–Crippen LogP) is 3.19. The Balaban J connectivity index is 2.38. The average Bonchev–Trinajstić information content (AvgIpc) is 2.61. The molecule has 1 rings (SSSR count). The van der Waals surface area contributed by atoms with E-state index in [0.717, 1.165) is 25.7 Å². The van der Waals surface area contributed by atoms with Crippen LogP contribution in [0, 0.1) is 11.8 Å². The Bertz CT molecular complexity index is 294. The molecule has 0 spiro atoms. The van der Waals surface area contributed by atoms with E-state index >= 15 is 0 Å². The summed E-state index contributed by atoms with van der Waals surface area (Å²) < 4.78 is 0. The van der Waals surface area contributed by atoms with Crippen molar-refractivity contribution >= 4 is 11.8 Å². The summed E-state index contributed by atoms with van der Waals surface area (Å²) in [5.74, 6) is 0.179. The number of aliphatic carboxylic acids is 1. The van der Waals surface area contributed by atoms with Gasteiger partial charge in [-0.15, -0.1) is 0 Å². The van der Waals surface area contributed by atoms with Crippen molar-refractivity contribution < 1.29 is 14.7 Å². The van der Waals surface area contributed by atoms with Gasteiger partial charge in [0.25, 0.3) is 0 Å². The van der Waals surface area contributed by atoms with Gasteiger partial charge in [0.1, 0.15) is 5.78 Å². The normalized spacial score (nSPS) is 24.6. The van der Waals surface area contributed by atoms with Crippen LogP contribution in [0.1, 0.15) is 51.9 Å².